The minimum atomic E-state index is 0.159. The molecule has 2 fully saturated rings. The van der Waals surface area contributed by atoms with Crippen LogP contribution in [0.3, 0.4) is 0 Å². The van der Waals surface area contributed by atoms with Gasteiger partial charge in [0, 0.05) is 11.5 Å². The molecule has 3 aromatic carbocycles. The van der Waals surface area contributed by atoms with E-state index in [0.29, 0.717) is 11.7 Å². The predicted molar refractivity (Wildman–Crippen MR) is 133 cm³/mol. The molecule has 2 unspecified atom stereocenters. The zero-order valence-electron chi connectivity index (χ0n) is 19.4. The van der Waals surface area contributed by atoms with Crippen LogP contribution < -0.4 is 0 Å². The Balaban J connectivity index is 1.37. The van der Waals surface area contributed by atoms with Crippen LogP contribution in [0.5, 0.6) is 0 Å². The van der Waals surface area contributed by atoms with Gasteiger partial charge < -0.3 is 0 Å². The first kappa shape index (κ1) is 21.2. The van der Waals surface area contributed by atoms with E-state index in [1.807, 2.05) is 12.1 Å². The Morgan fingerprint density at radius 2 is 1.59 bits per heavy atom. The van der Waals surface area contributed by atoms with Crippen molar-refractivity contribution in [1.82, 2.24) is 0 Å². The van der Waals surface area contributed by atoms with Crippen LogP contribution in [-0.2, 0) is 12.8 Å². The van der Waals surface area contributed by atoms with Gasteiger partial charge in [-0.25, -0.2) is 0 Å². The van der Waals surface area contributed by atoms with Gasteiger partial charge >= 0.3 is 0 Å². The van der Waals surface area contributed by atoms with Gasteiger partial charge in [-0.1, -0.05) is 74.5 Å². The van der Waals surface area contributed by atoms with E-state index in [0.717, 1.165) is 43.6 Å². The molecular weight excluding hydrogens is 388 g/mol. The first-order valence-electron chi connectivity index (χ1n) is 12.5. The Hall–Kier alpha value is -2.67. The Labute approximate surface area is 192 Å². The molecule has 0 heterocycles. The third-order valence-corrected chi connectivity index (χ3v) is 7.68. The number of carbonyl (C=O) groups is 1. The Kier molecular flexibility index (Phi) is 6.00. The Morgan fingerprint density at radius 3 is 2.38 bits per heavy atom. The van der Waals surface area contributed by atoms with E-state index in [-0.39, 0.29) is 5.92 Å². The molecule has 0 aromatic heterocycles. The molecule has 2 atom stereocenters. The third kappa shape index (κ3) is 4.18. The SMILES string of the molecule is CCc1cccc(C(=O)C2CCC(c3ccc(-c4ccccc4C4CC4)cc3CC)C2)c1. The fourth-order valence-corrected chi connectivity index (χ4v) is 5.67. The summed E-state index contributed by atoms with van der Waals surface area (Å²) in [5, 5.41) is 0. The zero-order valence-corrected chi connectivity index (χ0v) is 19.4. The minimum absolute atomic E-state index is 0.159. The first-order valence-corrected chi connectivity index (χ1v) is 12.5. The highest BCUT2D eigenvalue weighted by Gasteiger charge is 2.32. The molecule has 0 bridgehead atoms. The maximum Gasteiger partial charge on any atom is 0.165 e. The highest BCUT2D eigenvalue weighted by molar-refractivity contribution is 5.98. The number of benzene rings is 3. The van der Waals surface area contributed by atoms with Crippen molar-refractivity contribution < 1.29 is 4.79 Å². The van der Waals surface area contributed by atoms with Gasteiger partial charge in [-0.15, -0.1) is 0 Å². The van der Waals surface area contributed by atoms with Crippen molar-refractivity contribution in [1.29, 1.82) is 0 Å². The molecule has 0 N–H and O–H groups in total. The number of Topliss-reactive ketones (excluding diaryl/α,β-unsaturated/α-hetero) is 1. The molecule has 32 heavy (non-hydrogen) atoms. The third-order valence-electron chi connectivity index (χ3n) is 7.68. The molecule has 1 nitrogen and oxygen atoms in total. The topological polar surface area (TPSA) is 17.1 Å². The molecule has 2 aliphatic carbocycles. The van der Waals surface area contributed by atoms with Crippen LogP contribution in [-0.4, -0.2) is 5.78 Å². The summed E-state index contributed by atoms with van der Waals surface area (Å²) in [5.74, 6) is 1.76. The van der Waals surface area contributed by atoms with Crippen molar-refractivity contribution >= 4 is 5.78 Å². The van der Waals surface area contributed by atoms with Gasteiger partial charge in [-0.3, -0.25) is 4.79 Å². The summed E-state index contributed by atoms with van der Waals surface area (Å²) >= 11 is 0. The predicted octanol–water partition coefficient (Wildman–Crippen LogP) is 8.12. The molecule has 0 saturated heterocycles. The van der Waals surface area contributed by atoms with Crippen LogP contribution in [0, 0.1) is 5.92 Å². The van der Waals surface area contributed by atoms with E-state index in [1.165, 1.54) is 46.2 Å². The number of ketones is 1. The van der Waals surface area contributed by atoms with Crippen molar-refractivity contribution in [2.75, 3.05) is 0 Å². The van der Waals surface area contributed by atoms with Gasteiger partial charge in [0.15, 0.2) is 5.78 Å². The lowest BCUT2D eigenvalue weighted by Gasteiger charge is -2.18. The van der Waals surface area contributed by atoms with Crippen LogP contribution in [0.4, 0.5) is 0 Å². The summed E-state index contributed by atoms with van der Waals surface area (Å²) in [5.41, 5.74) is 9.36. The van der Waals surface area contributed by atoms with Crippen LogP contribution in [0.25, 0.3) is 11.1 Å². The van der Waals surface area contributed by atoms with Crippen molar-refractivity contribution in [3.8, 4) is 11.1 Å². The monoisotopic (exact) mass is 422 g/mol. The summed E-state index contributed by atoms with van der Waals surface area (Å²) in [4.78, 5) is 13.2. The lowest BCUT2D eigenvalue weighted by atomic mass is 9.86. The Morgan fingerprint density at radius 1 is 0.781 bits per heavy atom. The number of hydrogen-bond acceptors (Lipinski definition) is 1. The van der Waals surface area contributed by atoms with Gasteiger partial charge in [0.25, 0.3) is 0 Å². The van der Waals surface area contributed by atoms with Crippen molar-refractivity contribution in [3.05, 3.63) is 94.5 Å². The first-order chi connectivity index (χ1) is 15.7. The maximum absolute atomic E-state index is 13.2. The largest absolute Gasteiger partial charge is 0.294 e. The van der Waals surface area contributed by atoms with Crippen LogP contribution in [0.2, 0.25) is 0 Å². The van der Waals surface area contributed by atoms with E-state index >= 15 is 0 Å². The average Bonchev–Trinajstić information content (AvgIpc) is 3.59. The summed E-state index contributed by atoms with van der Waals surface area (Å²) in [7, 11) is 0. The second-order valence-electron chi connectivity index (χ2n) is 9.75. The lowest BCUT2D eigenvalue weighted by molar-refractivity contribution is 0.0921. The minimum Gasteiger partial charge on any atom is -0.294 e. The molecule has 164 valence electrons. The number of hydrogen-bond donors (Lipinski definition) is 0. The van der Waals surface area contributed by atoms with Crippen molar-refractivity contribution in [2.24, 2.45) is 5.92 Å². The number of rotatable bonds is 7. The van der Waals surface area contributed by atoms with E-state index < -0.39 is 0 Å². The molecule has 2 aliphatic rings. The normalized spacial score (nSPS) is 20.4. The van der Waals surface area contributed by atoms with Crippen molar-refractivity contribution in [3.63, 3.8) is 0 Å². The molecule has 0 spiro atoms. The smallest absolute Gasteiger partial charge is 0.165 e. The van der Waals surface area contributed by atoms with Crippen LogP contribution in [0.15, 0.2) is 66.7 Å². The van der Waals surface area contributed by atoms with E-state index in [1.54, 1.807) is 0 Å². The van der Waals surface area contributed by atoms with E-state index in [2.05, 4.69) is 68.4 Å². The summed E-state index contributed by atoms with van der Waals surface area (Å²) in [6.07, 6.45) is 7.79. The zero-order chi connectivity index (χ0) is 22.1. The molecule has 0 amide bonds. The second-order valence-corrected chi connectivity index (χ2v) is 9.75. The second kappa shape index (κ2) is 9.06. The molecule has 1 heteroatoms. The quantitative estimate of drug-likeness (QED) is 0.351. The van der Waals surface area contributed by atoms with Crippen molar-refractivity contribution in [2.45, 2.75) is 70.6 Å². The fraction of sp³-hybridized carbons (Fsp3) is 0.387. The molecule has 3 aromatic rings. The molecule has 2 saturated carbocycles. The molecule has 0 aliphatic heterocycles. The van der Waals surface area contributed by atoms with Gasteiger partial charge in [-0.2, -0.15) is 0 Å². The summed E-state index contributed by atoms with van der Waals surface area (Å²) in [6, 6.07) is 24.3. The summed E-state index contributed by atoms with van der Waals surface area (Å²) in [6.45, 7) is 4.41. The van der Waals surface area contributed by atoms with Gasteiger partial charge in [0.05, 0.1) is 0 Å². The van der Waals surface area contributed by atoms with Gasteiger partial charge in [0.2, 0.25) is 0 Å². The fourth-order valence-electron chi connectivity index (χ4n) is 5.67. The van der Waals surface area contributed by atoms with Crippen LogP contribution >= 0.6 is 0 Å². The van der Waals surface area contributed by atoms with Crippen LogP contribution in [0.1, 0.15) is 90.4 Å². The maximum atomic E-state index is 13.2. The Bertz CT molecular complexity index is 1120. The van der Waals surface area contributed by atoms with Gasteiger partial charge in [-0.05, 0) is 96.2 Å². The highest BCUT2D eigenvalue weighted by atomic mass is 16.1. The molecule has 0 radical (unpaired) electrons. The van der Waals surface area contributed by atoms with E-state index in [4.69, 9.17) is 0 Å². The number of aryl methyl sites for hydroxylation is 2. The number of carbonyl (C=O) groups excluding carboxylic acids is 1. The summed E-state index contributed by atoms with van der Waals surface area (Å²) < 4.78 is 0. The standard InChI is InChI=1S/C31H34O/c1-3-21-8-7-9-26(18-21)31(32)27-15-14-24(20-27)28-17-16-25(19-22(28)4-2)30-11-6-5-10-29(30)23-12-13-23/h5-11,16-19,23-24,27H,3-4,12-15,20H2,1-2H3. The lowest BCUT2D eigenvalue weighted by Crippen LogP contribution is -2.12. The average molecular weight is 423 g/mol. The van der Waals surface area contributed by atoms with Gasteiger partial charge in [0.1, 0.15) is 0 Å². The van der Waals surface area contributed by atoms with E-state index in [9.17, 15) is 4.79 Å². The molecular formula is C31H34O. The molecule has 5 rings (SSSR count). The highest BCUT2D eigenvalue weighted by Crippen LogP contribution is 2.46.